The van der Waals surface area contributed by atoms with E-state index in [1.807, 2.05) is 20.8 Å². The molecule has 3 rings (SSSR count). The number of hydrogen-bond acceptors (Lipinski definition) is 3. The lowest BCUT2D eigenvalue weighted by Gasteiger charge is -2.36. The van der Waals surface area contributed by atoms with Crippen molar-refractivity contribution in [2.45, 2.75) is 85.3 Å². The summed E-state index contributed by atoms with van der Waals surface area (Å²) in [7, 11) is 0. The van der Waals surface area contributed by atoms with Crippen molar-refractivity contribution < 1.29 is 14.3 Å². The smallest absolute Gasteiger partial charge is 0.412 e. The van der Waals surface area contributed by atoms with Gasteiger partial charge in [0.1, 0.15) is 5.60 Å². The summed E-state index contributed by atoms with van der Waals surface area (Å²) in [5.74, 6) is 0.102. The Balaban J connectivity index is 1.74. The van der Waals surface area contributed by atoms with Gasteiger partial charge in [-0.25, -0.2) is 4.79 Å². The van der Waals surface area contributed by atoms with Crippen LogP contribution in [0.5, 0.6) is 0 Å². The SMILES string of the molecule is CC1(C)CC2CCCC(C)(CN2C(=O)c2ccc(NC(=O)OC(C)(C)C)cc2)C1. The summed E-state index contributed by atoms with van der Waals surface area (Å²) < 4.78 is 5.28. The second kappa shape index (κ2) is 7.66. The molecule has 0 aliphatic carbocycles. The van der Waals surface area contributed by atoms with Crippen LogP contribution >= 0.6 is 0 Å². The molecule has 2 saturated heterocycles. The molecule has 5 heteroatoms. The predicted molar refractivity (Wildman–Crippen MR) is 116 cm³/mol. The lowest BCUT2D eigenvalue weighted by Crippen LogP contribution is -2.42. The van der Waals surface area contributed by atoms with Crippen molar-refractivity contribution in [2.24, 2.45) is 10.8 Å². The quantitative estimate of drug-likeness (QED) is 0.677. The first kappa shape index (κ1) is 21.7. The zero-order valence-electron chi connectivity index (χ0n) is 18.8. The molecule has 2 aliphatic heterocycles. The van der Waals surface area contributed by atoms with Crippen LogP contribution in [0.3, 0.4) is 0 Å². The van der Waals surface area contributed by atoms with Crippen LogP contribution in [0.1, 0.15) is 84.0 Å². The summed E-state index contributed by atoms with van der Waals surface area (Å²) in [6.07, 6.45) is 5.21. The first-order valence-corrected chi connectivity index (χ1v) is 10.8. The van der Waals surface area contributed by atoms with Crippen LogP contribution in [0.15, 0.2) is 24.3 Å². The number of nitrogens with one attached hydrogen (secondary N) is 1. The molecule has 0 radical (unpaired) electrons. The molecule has 2 aliphatic rings. The molecular weight excluding hydrogens is 364 g/mol. The van der Waals surface area contributed by atoms with Crippen LogP contribution in [-0.4, -0.2) is 35.1 Å². The Morgan fingerprint density at radius 2 is 1.79 bits per heavy atom. The maximum Gasteiger partial charge on any atom is 0.412 e. The molecule has 0 aromatic heterocycles. The van der Waals surface area contributed by atoms with E-state index >= 15 is 0 Å². The highest BCUT2D eigenvalue weighted by Crippen LogP contribution is 2.48. The first-order chi connectivity index (χ1) is 13.4. The maximum atomic E-state index is 13.4. The number of fused-ring (bicyclic) bond motifs is 3. The summed E-state index contributed by atoms with van der Waals surface area (Å²) in [5, 5.41) is 2.72. The molecule has 29 heavy (non-hydrogen) atoms. The predicted octanol–water partition coefficient (Wildman–Crippen LogP) is 5.85. The molecule has 1 N–H and O–H groups in total. The zero-order chi connectivity index (χ0) is 21.4. The lowest BCUT2D eigenvalue weighted by molar-refractivity contribution is 0.0625. The molecule has 2 bridgehead atoms. The fourth-order valence-corrected chi connectivity index (χ4v) is 5.28. The molecule has 160 valence electrons. The lowest BCUT2D eigenvalue weighted by atomic mass is 9.69. The van der Waals surface area contributed by atoms with Crippen molar-refractivity contribution in [3.8, 4) is 0 Å². The Morgan fingerprint density at radius 3 is 2.41 bits per heavy atom. The van der Waals surface area contributed by atoms with Crippen LogP contribution in [0.25, 0.3) is 0 Å². The number of benzene rings is 1. The number of anilines is 1. The molecule has 0 spiro atoms. The van der Waals surface area contributed by atoms with Gasteiger partial charge in [0.25, 0.3) is 5.91 Å². The Kier molecular flexibility index (Phi) is 5.72. The van der Waals surface area contributed by atoms with Crippen LogP contribution < -0.4 is 5.32 Å². The van der Waals surface area contributed by atoms with Crippen molar-refractivity contribution in [3.05, 3.63) is 29.8 Å². The Morgan fingerprint density at radius 1 is 1.14 bits per heavy atom. The second-order valence-corrected chi connectivity index (χ2v) is 11.0. The molecule has 2 amide bonds. The average Bonchev–Trinajstić information content (AvgIpc) is 2.76. The van der Waals surface area contributed by atoms with Gasteiger partial charge in [-0.2, -0.15) is 0 Å². The van der Waals surface area contributed by atoms with Gasteiger partial charge in [-0.05, 0) is 81.5 Å². The van der Waals surface area contributed by atoms with Crippen LogP contribution in [-0.2, 0) is 4.74 Å². The monoisotopic (exact) mass is 400 g/mol. The van der Waals surface area contributed by atoms with Gasteiger partial charge in [0.05, 0.1) is 0 Å². The van der Waals surface area contributed by atoms with E-state index in [0.717, 1.165) is 19.4 Å². The van der Waals surface area contributed by atoms with E-state index in [0.29, 0.717) is 17.3 Å². The Bertz CT molecular complexity index is 763. The van der Waals surface area contributed by atoms with Crippen molar-refractivity contribution in [2.75, 3.05) is 11.9 Å². The van der Waals surface area contributed by atoms with E-state index in [9.17, 15) is 9.59 Å². The molecule has 1 aromatic rings. The highest BCUT2D eigenvalue weighted by Gasteiger charge is 2.44. The van der Waals surface area contributed by atoms with Crippen LogP contribution in [0.2, 0.25) is 0 Å². The number of rotatable bonds is 2. The summed E-state index contributed by atoms with van der Waals surface area (Å²) in [6.45, 7) is 13.3. The molecule has 2 fully saturated rings. The highest BCUT2D eigenvalue weighted by atomic mass is 16.6. The van der Waals surface area contributed by atoms with Gasteiger partial charge in [-0.15, -0.1) is 0 Å². The molecule has 2 unspecified atom stereocenters. The van der Waals surface area contributed by atoms with Crippen molar-refractivity contribution in [1.29, 1.82) is 0 Å². The number of carbonyl (C=O) groups excluding carboxylic acids is 2. The number of ether oxygens (including phenoxy) is 1. The van der Waals surface area contributed by atoms with E-state index in [1.165, 1.54) is 19.3 Å². The fourth-order valence-electron chi connectivity index (χ4n) is 5.28. The van der Waals surface area contributed by atoms with Crippen molar-refractivity contribution in [3.63, 3.8) is 0 Å². The summed E-state index contributed by atoms with van der Waals surface area (Å²) in [6, 6.07) is 7.45. The van der Waals surface area contributed by atoms with E-state index < -0.39 is 11.7 Å². The normalized spacial score (nSPS) is 26.4. The molecule has 5 nitrogen and oxygen atoms in total. The fraction of sp³-hybridized carbons (Fsp3) is 0.667. The highest BCUT2D eigenvalue weighted by molar-refractivity contribution is 5.95. The summed E-state index contributed by atoms with van der Waals surface area (Å²) in [5.41, 5.74) is 1.19. The Hall–Kier alpha value is -2.04. The molecule has 0 saturated carbocycles. The second-order valence-electron chi connectivity index (χ2n) is 11.0. The summed E-state index contributed by atoms with van der Waals surface area (Å²) in [4.78, 5) is 27.5. The third-order valence-corrected chi connectivity index (χ3v) is 6.04. The standard InChI is InChI=1S/C24H36N2O3/c1-22(2,3)29-21(28)25-18-11-9-17(10-12-18)20(27)26-16-24(6)13-7-8-19(26)14-23(4,5)15-24/h9-12,19H,7-8,13-16H2,1-6H3,(H,25,28). The third kappa shape index (κ3) is 5.52. The number of nitrogens with zero attached hydrogens (tertiary/aromatic N) is 1. The zero-order valence-corrected chi connectivity index (χ0v) is 18.8. The minimum atomic E-state index is -0.547. The topological polar surface area (TPSA) is 58.6 Å². The Labute approximate surface area is 175 Å². The van der Waals surface area contributed by atoms with E-state index in [4.69, 9.17) is 4.74 Å². The minimum Gasteiger partial charge on any atom is -0.444 e. The third-order valence-electron chi connectivity index (χ3n) is 6.04. The van der Waals surface area contributed by atoms with Gasteiger partial charge in [0.2, 0.25) is 0 Å². The number of carbonyl (C=O) groups is 2. The van der Waals surface area contributed by atoms with Gasteiger partial charge in [-0.1, -0.05) is 27.2 Å². The molecule has 1 aromatic carbocycles. The van der Waals surface area contributed by atoms with E-state index in [2.05, 4.69) is 31.0 Å². The molecule has 2 heterocycles. The first-order valence-electron chi connectivity index (χ1n) is 10.8. The van der Waals surface area contributed by atoms with E-state index in [-0.39, 0.29) is 16.7 Å². The van der Waals surface area contributed by atoms with Gasteiger partial charge in [-0.3, -0.25) is 10.1 Å². The average molecular weight is 401 g/mol. The number of hydrogen-bond donors (Lipinski definition) is 1. The van der Waals surface area contributed by atoms with Gasteiger partial charge in [0.15, 0.2) is 0 Å². The van der Waals surface area contributed by atoms with Crippen molar-refractivity contribution in [1.82, 2.24) is 4.90 Å². The van der Waals surface area contributed by atoms with E-state index in [1.54, 1.807) is 24.3 Å². The molecular formula is C24H36N2O3. The van der Waals surface area contributed by atoms with Crippen molar-refractivity contribution >= 4 is 17.7 Å². The van der Waals surface area contributed by atoms with Crippen LogP contribution in [0.4, 0.5) is 10.5 Å². The maximum absolute atomic E-state index is 13.4. The van der Waals surface area contributed by atoms with Gasteiger partial charge < -0.3 is 9.64 Å². The summed E-state index contributed by atoms with van der Waals surface area (Å²) >= 11 is 0. The van der Waals surface area contributed by atoms with Gasteiger partial charge in [0, 0.05) is 23.8 Å². The molecule has 2 atom stereocenters. The van der Waals surface area contributed by atoms with Gasteiger partial charge >= 0.3 is 6.09 Å². The largest absolute Gasteiger partial charge is 0.444 e. The minimum absolute atomic E-state index is 0.102. The number of amides is 2. The van der Waals surface area contributed by atoms with Crippen LogP contribution in [0, 0.1) is 10.8 Å².